The predicted molar refractivity (Wildman–Crippen MR) is 74.1 cm³/mol. The van der Waals surface area contributed by atoms with Gasteiger partial charge in [-0.05, 0) is 37.1 Å². The predicted octanol–water partition coefficient (Wildman–Crippen LogP) is 2.22. The van der Waals surface area contributed by atoms with Crippen LogP contribution in [-0.4, -0.2) is 42.7 Å². The van der Waals surface area contributed by atoms with Gasteiger partial charge in [-0.15, -0.1) is 0 Å². The van der Waals surface area contributed by atoms with E-state index < -0.39 is 18.6 Å². The molecule has 1 amide bonds. The first-order chi connectivity index (χ1) is 9.83. The lowest BCUT2D eigenvalue weighted by Gasteiger charge is -2.33. The molecule has 0 atom stereocenters. The second kappa shape index (κ2) is 6.34. The van der Waals surface area contributed by atoms with Crippen molar-refractivity contribution in [1.82, 2.24) is 4.90 Å². The number of primary amides is 1. The normalized spacial score (nSPS) is 17.7. The highest BCUT2D eigenvalue weighted by Crippen LogP contribution is 2.21. The Balaban J connectivity index is 1.82. The molecule has 3 N–H and O–H groups in total. The molecule has 1 heterocycles. The number of rotatable bonds is 4. The van der Waals surface area contributed by atoms with Gasteiger partial charge in [0, 0.05) is 30.4 Å². The highest BCUT2D eigenvalue weighted by atomic mass is 19.4. The summed E-state index contributed by atoms with van der Waals surface area (Å²) in [5.74, 6) is -0.484. The molecule has 0 aliphatic carbocycles. The first kappa shape index (κ1) is 15.6. The number of nitrogens with one attached hydrogen (secondary N) is 1. The maximum absolute atomic E-state index is 12.3. The number of hydrogen-bond donors (Lipinski definition) is 2. The van der Waals surface area contributed by atoms with Crippen LogP contribution in [0.4, 0.5) is 18.9 Å². The zero-order chi connectivity index (χ0) is 15.5. The summed E-state index contributed by atoms with van der Waals surface area (Å²) in [6.45, 7) is 0.0140. The molecule has 21 heavy (non-hydrogen) atoms. The van der Waals surface area contributed by atoms with Gasteiger partial charge in [0.05, 0.1) is 6.54 Å². The van der Waals surface area contributed by atoms with E-state index in [1.807, 2.05) is 0 Å². The van der Waals surface area contributed by atoms with Crippen LogP contribution >= 0.6 is 0 Å². The monoisotopic (exact) mass is 301 g/mol. The lowest BCUT2D eigenvalue weighted by Crippen LogP contribution is -2.43. The van der Waals surface area contributed by atoms with Crippen molar-refractivity contribution in [1.29, 1.82) is 0 Å². The van der Waals surface area contributed by atoms with Crippen molar-refractivity contribution < 1.29 is 18.0 Å². The van der Waals surface area contributed by atoms with E-state index in [4.69, 9.17) is 5.73 Å². The number of nitrogens with two attached hydrogens (primary N) is 1. The molecule has 0 unspecified atom stereocenters. The van der Waals surface area contributed by atoms with Crippen molar-refractivity contribution in [2.75, 3.05) is 25.0 Å². The summed E-state index contributed by atoms with van der Waals surface area (Å²) in [7, 11) is 0. The van der Waals surface area contributed by atoms with Gasteiger partial charge in [0.15, 0.2) is 0 Å². The highest BCUT2D eigenvalue weighted by Gasteiger charge is 2.32. The Labute approximate surface area is 121 Å². The summed E-state index contributed by atoms with van der Waals surface area (Å²) in [4.78, 5) is 12.4. The summed E-state index contributed by atoms with van der Waals surface area (Å²) < 4.78 is 36.9. The number of carbonyl (C=O) groups is 1. The fraction of sp³-hybridized carbons (Fsp3) is 0.500. The molecule has 1 aliphatic heterocycles. The molecular formula is C14H18F3N3O. The lowest BCUT2D eigenvalue weighted by atomic mass is 10.0. The molecule has 7 heteroatoms. The fourth-order valence-electron chi connectivity index (χ4n) is 2.46. The van der Waals surface area contributed by atoms with Gasteiger partial charge in [-0.1, -0.05) is 0 Å². The molecule has 1 fully saturated rings. The molecule has 1 saturated heterocycles. The third kappa shape index (κ3) is 4.93. The van der Waals surface area contributed by atoms with Gasteiger partial charge < -0.3 is 11.1 Å². The summed E-state index contributed by atoms with van der Waals surface area (Å²) in [5, 5.41) is 3.27. The van der Waals surface area contributed by atoms with Crippen molar-refractivity contribution >= 4 is 11.6 Å². The largest absolute Gasteiger partial charge is 0.401 e. The van der Waals surface area contributed by atoms with E-state index in [1.54, 1.807) is 24.3 Å². The molecule has 0 radical (unpaired) electrons. The van der Waals surface area contributed by atoms with E-state index in [0.29, 0.717) is 31.5 Å². The highest BCUT2D eigenvalue weighted by molar-refractivity contribution is 5.93. The molecule has 0 aromatic heterocycles. The Morgan fingerprint density at radius 2 is 1.81 bits per heavy atom. The van der Waals surface area contributed by atoms with E-state index in [0.717, 1.165) is 5.69 Å². The SMILES string of the molecule is NC(=O)c1ccc(NC2CCN(CC(F)(F)F)CC2)cc1. The standard InChI is InChI=1S/C14H18F3N3O/c15-14(16,17)9-20-7-5-12(6-8-20)19-11-3-1-10(2-4-11)13(18)21/h1-4,12,19H,5-9H2,(H2,18,21). The number of halogens is 3. The molecule has 0 bridgehead atoms. The van der Waals surface area contributed by atoms with Crippen LogP contribution in [0.2, 0.25) is 0 Å². The molecule has 1 aliphatic rings. The summed E-state index contributed by atoms with van der Waals surface area (Å²) in [6, 6.07) is 6.91. The van der Waals surface area contributed by atoms with Crippen LogP contribution in [0.25, 0.3) is 0 Å². The van der Waals surface area contributed by atoms with Crippen LogP contribution in [0.15, 0.2) is 24.3 Å². The summed E-state index contributed by atoms with van der Waals surface area (Å²) >= 11 is 0. The summed E-state index contributed by atoms with van der Waals surface area (Å²) in [6.07, 6.45) is -2.81. The quantitative estimate of drug-likeness (QED) is 0.896. The number of hydrogen-bond acceptors (Lipinski definition) is 3. The first-order valence-electron chi connectivity index (χ1n) is 6.79. The van der Waals surface area contributed by atoms with Gasteiger partial charge in [-0.25, -0.2) is 0 Å². The maximum Gasteiger partial charge on any atom is 0.401 e. The molecule has 0 spiro atoms. The van der Waals surface area contributed by atoms with Crippen LogP contribution in [0.1, 0.15) is 23.2 Å². The van der Waals surface area contributed by atoms with Crippen LogP contribution < -0.4 is 11.1 Å². The Bertz CT molecular complexity index is 479. The number of amides is 1. The smallest absolute Gasteiger partial charge is 0.382 e. The van der Waals surface area contributed by atoms with Crippen LogP contribution in [0.3, 0.4) is 0 Å². The zero-order valence-corrected chi connectivity index (χ0v) is 11.5. The molecule has 0 saturated carbocycles. The van der Waals surface area contributed by atoms with Gasteiger partial charge in [-0.3, -0.25) is 9.69 Å². The Kier molecular flexibility index (Phi) is 4.72. The molecular weight excluding hydrogens is 283 g/mol. The van der Waals surface area contributed by atoms with Crippen LogP contribution in [0.5, 0.6) is 0 Å². The van der Waals surface area contributed by atoms with Crippen LogP contribution in [-0.2, 0) is 0 Å². The Morgan fingerprint density at radius 1 is 1.24 bits per heavy atom. The number of anilines is 1. The second-order valence-electron chi connectivity index (χ2n) is 5.25. The Morgan fingerprint density at radius 3 is 2.29 bits per heavy atom. The average molecular weight is 301 g/mol. The van der Waals surface area contributed by atoms with Crippen molar-refractivity contribution in [2.45, 2.75) is 25.1 Å². The van der Waals surface area contributed by atoms with Crippen LogP contribution in [0, 0.1) is 0 Å². The lowest BCUT2D eigenvalue weighted by molar-refractivity contribution is -0.147. The minimum absolute atomic E-state index is 0.147. The van der Waals surface area contributed by atoms with Gasteiger partial charge >= 0.3 is 6.18 Å². The first-order valence-corrected chi connectivity index (χ1v) is 6.79. The van der Waals surface area contributed by atoms with Gasteiger partial charge in [0.2, 0.25) is 5.91 Å². The van der Waals surface area contributed by atoms with E-state index in [2.05, 4.69) is 5.32 Å². The third-order valence-electron chi connectivity index (χ3n) is 3.53. The maximum atomic E-state index is 12.3. The zero-order valence-electron chi connectivity index (χ0n) is 11.5. The number of likely N-dealkylation sites (tertiary alicyclic amines) is 1. The van der Waals surface area contributed by atoms with Gasteiger partial charge in [0.1, 0.15) is 0 Å². The van der Waals surface area contributed by atoms with Crippen molar-refractivity contribution in [3.63, 3.8) is 0 Å². The van der Waals surface area contributed by atoms with Crippen molar-refractivity contribution in [2.24, 2.45) is 5.73 Å². The van der Waals surface area contributed by atoms with Gasteiger partial charge in [-0.2, -0.15) is 13.2 Å². The third-order valence-corrected chi connectivity index (χ3v) is 3.53. The number of carbonyl (C=O) groups excluding carboxylic acids is 1. The second-order valence-corrected chi connectivity index (χ2v) is 5.25. The number of benzene rings is 1. The van der Waals surface area contributed by atoms with E-state index >= 15 is 0 Å². The minimum Gasteiger partial charge on any atom is -0.382 e. The molecule has 1 aromatic rings. The number of alkyl halides is 3. The molecule has 116 valence electrons. The van der Waals surface area contributed by atoms with E-state index in [1.165, 1.54) is 4.90 Å². The number of nitrogens with zero attached hydrogens (tertiary/aromatic N) is 1. The molecule has 4 nitrogen and oxygen atoms in total. The van der Waals surface area contributed by atoms with E-state index in [-0.39, 0.29) is 6.04 Å². The fourth-order valence-corrected chi connectivity index (χ4v) is 2.46. The Hall–Kier alpha value is -1.76. The van der Waals surface area contributed by atoms with Crippen molar-refractivity contribution in [3.05, 3.63) is 29.8 Å². The number of piperidine rings is 1. The minimum atomic E-state index is -4.13. The average Bonchev–Trinajstić information content (AvgIpc) is 2.40. The summed E-state index contributed by atoms with van der Waals surface area (Å²) in [5.41, 5.74) is 6.43. The molecule has 2 rings (SSSR count). The topological polar surface area (TPSA) is 58.4 Å². The van der Waals surface area contributed by atoms with Crippen molar-refractivity contribution in [3.8, 4) is 0 Å². The van der Waals surface area contributed by atoms with E-state index in [9.17, 15) is 18.0 Å². The molecule has 1 aromatic carbocycles. The van der Waals surface area contributed by atoms with Gasteiger partial charge in [0.25, 0.3) is 0 Å².